The van der Waals surface area contributed by atoms with Crippen molar-refractivity contribution < 1.29 is 24.2 Å². The average molecular weight is 547 g/mol. The maximum Gasteiger partial charge on any atom is 0.323 e. The van der Waals surface area contributed by atoms with Crippen LogP contribution in [0.4, 0.5) is 0 Å². The summed E-state index contributed by atoms with van der Waals surface area (Å²) in [6, 6.07) is 16.1. The second-order valence-electron chi connectivity index (χ2n) is 9.14. The summed E-state index contributed by atoms with van der Waals surface area (Å²) in [5, 5.41) is 12.6. The Labute approximate surface area is 217 Å². The number of ether oxygens (including phenoxy) is 1. The lowest BCUT2D eigenvalue weighted by Crippen LogP contribution is -2.55. The van der Waals surface area contributed by atoms with Crippen LogP contribution in [0.3, 0.4) is 0 Å². The molecule has 0 saturated heterocycles. The van der Waals surface area contributed by atoms with Crippen molar-refractivity contribution in [3.63, 3.8) is 0 Å². The molecule has 0 aliphatic heterocycles. The Morgan fingerprint density at radius 3 is 2.11 bits per heavy atom. The van der Waals surface area contributed by atoms with Gasteiger partial charge in [-0.25, -0.2) is 0 Å². The topological polar surface area (TPSA) is 95.9 Å². The van der Waals surface area contributed by atoms with Gasteiger partial charge in [0.1, 0.15) is 12.6 Å². The number of rotatable bonds is 11. The first kappa shape index (κ1) is 28.5. The lowest BCUT2D eigenvalue weighted by atomic mass is 10.0. The van der Waals surface area contributed by atoms with Gasteiger partial charge in [0.2, 0.25) is 5.91 Å². The van der Waals surface area contributed by atoms with Gasteiger partial charge in [0, 0.05) is 6.04 Å². The van der Waals surface area contributed by atoms with Gasteiger partial charge in [-0.05, 0) is 63.1 Å². The Kier molecular flexibility index (Phi) is 10.9. The van der Waals surface area contributed by atoms with Gasteiger partial charge in [0.15, 0.2) is 0 Å². The smallest absolute Gasteiger partial charge is 0.323 e. The molecule has 2 aromatic rings. The molecule has 0 aromatic heterocycles. The van der Waals surface area contributed by atoms with E-state index in [0.29, 0.717) is 25.7 Å². The zero-order chi connectivity index (χ0) is 24.7. The molecule has 35 heavy (non-hydrogen) atoms. The highest BCUT2D eigenvalue weighted by Crippen LogP contribution is 2.26. The summed E-state index contributed by atoms with van der Waals surface area (Å²) in [5.41, 5.74) is 3.36. The molecule has 0 bridgehead atoms. The van der Waals surface area contributed by atoms with Crippen molar-refractivity contribution in [2.75, 3.05) is 6.54 Å². The highest BCUT2D eigenvalue weighted by Gasteiger charge is 2.35. The van der Waals surface area contributed by atoms with E-state index < -0.39 is 24.0 Å². The highest BCUT2D eigenvalue weighted by molar-refractivity contribution is 8.93. The Morgan fingerprint density at radius 1 is 1.00 bits per heavy atom. The molecule has 7 nitrogen and oxygen atoms in total. The van der Waals surface area contributed by atoms with E-state index >= 15 is 0 Å². The molecule has 0 spiro atoms. The zero-order valence-electron chi connectivity index (χ0n) is 20.5. The molecule has 0 heterocycles. The standard InChI is InChI=1S/C27H34N2O5.BrH/c1-18(2)34-27(33)24(14-13-20-9-5-4-6-10-20)28-19(3)26(32)29(17-25(30)31)23-15-21-11-7-8-12-22(21)16-23;/h4-12,18-19,23-24,28H,13-17H2,1-3H3,(H,30,31);1H/t19-,24?;/m0./s1. The number of hydrogen-bond acceptors (Lipinski definition) is 5. The zero-order valence-corrected chi connectivity index (χ0v) is 22.2. The fourth-order valence-corrected chi connectivity index (χ4v) is 4.45. The monoisotopic (exact) mass is 546 g/mol. The Bertz CT molecular complexity index is 973. The molecule has 2 N–H and O–H groups in total. The number of nitrogens with zero attached hydrogens (tertiary/aromatic N) is 1. The number of carbonyl (C=O) groups excluding carboxylic acids is 2. The molecule has 3 rings (SSSR count). The first-order valence-electron chi connectivity index (χ1n) is 11.8. The molecule has 1 unspecified atom stereocenters. The Morgan fingerprint density at radius 2 is 1.57 bits per heavy atom. The van der Waals surface area contributed by atoms with Crippen LogP contribution in [0.1, 0.15) is 43.9 Å². The third kappa shape index (κ3) is 8.18. The number of carboxylic acid groups (broad SMARTS) is 1. The van der Waals surface area contributed by atoms with E-state index in [1.807, 2.05) is 54.6 Å². The Hall–Kier alpha value is -2.71. The number of amides is 1. The maximum absolute atomic E-state index is 13.4. The van der Waals surface area contributed by atoms with Gasteiger partial charge in [-0.1, -0.05) is 54.6 Å². The van der Waals surface area contributed by atoms with Crippen LogP contribution in [-0.2, 0) is 38.4 Å². The first-order valence-corrected chi connectivity index (χ1v) is 11.8. The van der Waals surface area contributed by atoms with Gasteiger partial charge in [-0.15, -0.1) is 17.0 Å². The molecule has 1 aliphatic carbocycles. The van der Waals surface area contributed by atoms with Crippen molar-refractivity contribution in [2.45, 2.75) is 70.7 Å². The number of esters is 1. The van der Waals surface area contributed by atoms with Crippen LogP contribution in [0, 0.1) is 0 Å². The van der Waals surface area contributed by atoms with Gasteiger partial charge in [-0.2, -0.15) is 0 Å². The normalized spacial score (nSPS) is 14.5. The molecule has 2 atom stereocenters. The molecule has 1 amide bonds. The number of carbonyl (C=O) groups is 3. The van der Waals surface area contributed by atoms with Crippen LogP contribution in [0.2, 0.25) is 0 Å². The summed E-state index contributed by atoms with van der Waals surface area (Å²) in [6.07, 6.45) is 2.06. The van der Waals surface area contributed by atoms with Crippen molar-refractivity contribution in [1.82, 2.24) is 10.2 Å². The quantitative estimate of drug-likeness (QED) is 0.418. The number of benzene rings is 2. The summed E-state index contributed by atoms with van der Waals surface area (Å²) in [4.78, 5) is 39.2. The van der Waals surface area contributed by atoms with Gasteiger partial charge < -0.3 is 14.7 Å². The summed E-state index contributed by atoms with van der Waals surface area (Å²) in [6.45, 7) is 4.87. The van der Waals surface area contributed by atoms with Crippen molar-refractivity contribution in [2.24, 2.45) is 0 Å². The molecular formula is C27H35BrN2O5. The molecule has 2 aromatic carbocycles. The number of carboxylic acids is 1. The van der Waals surface area contributed by atoms with E-state index in [2.05, 4.69) is 5.32 Å². The lowest BCUT2D eigenvalue weighted by Gasteiger charge is -2.31. The van der Waals surface area contributed by atoms with Gasteiger partial charge >= 0.3 is 11.9 Å². The van der Waals surface area contributed by atoms with E-state index in [9.17, 15) is 19.5 Å². The van der Waals surface area contributed by atoms with E-state index in [0.717, 1.165) is 16.7 Å². The van der Waals surface area contributed by atoms with Crippen LogP contribution < -0.4 is 5.32 Å². The summed E-state index contributed by atoms with van der Waals surface area (Å²) in [5.74, 6) is -1.80. The molecule has 0 saturated carbocycles. The molecule has 8 heteroatoms. The van der Waals surface area contributed by atoms with E-state index in [1.54, 1.807) is 20.8 Å². The largest absolute Gasteiger partial charge is 0.480 e. The number of fused-ring (bicyclic) bond motifs is 1. The van der Waals surface area contributed by atoms with Crippen LogP contribution >= 0.6 is 17.0 Å². The minimum absolute atomic E-state index is 0. The second-order valence-corrected chi connectivity index (χ2v) is 9.14. The lowest BCUT2D eigenvalue weighted by molar-refractivity contribution is -0.152. The van der Waals surface area contributed by atoms with Crippen LogP contribution in [-0.4, -0.2) is 58.6 Å². The van der Waals surface area contributed by atoms with E-state index in [4.69, 9.17) is 4.74 Å². The fraction of sp³-hybridized carbons (Fsp3) is 0.444. The molecule has 1 aliphatic rings. The predicted molar refractivity (Wildman–Crippen MR) is 140 cm³/mol. The van der Waals surface area contributed by atoms with Gasteiger partial charge in [0.05, 0.1) is 12.1 Å². The van der Waals surface area contributed by atoms with Crippen molar-refractivity contribution in [1.29, 1.82) is 0 Å². The summed E-state index contributed by atoms with van der Waals surface area (Å²) >= 11 is 0. The van der Waals surface area contributed by atoms with E-state index in [-0.39, 0.29) is 41.6 Å². The molecular weight excluding hydrogens is 512 g/mol. The van der Waals surface area contributed by atoms with Crippen LogP contribution in [0.15, 0.2) is 54.6 Å². The van der Waals surface area contributed by atoms with Crippen LogP contribution in [0.25, 0.3) is 0 Å². The average Bonchev–Trinajstić information content (AvgIpc) is 3.23. The highest BCUT2D eigenvalue weighted by atomic mass is 79.9. The number of aryl methyl sites for hydroxylation is 1. The van der Waals surface area contributed by atoms with Crippen LogP contribution in [0.5, 0.6) is 0 Å². The number of nitrogens with one attached hydrogen (secondary N) is 1. The third-order valence-corrected chi connectivity index (χ3v) is 6.08. The minimum Gasteiger partial charge on any atom is -0.480 e. The summed E-state index contributed by atoms with van der Waals surface area (Å²) < 4.78 is 5.43. The Balaban J connectivity index is 0.00000432. The minimum atomic E-state index is -1.06. The van der Waals surface area contributed by atoms with E-state index in [1.165, 1.54) is 4.90 Å². The van der Waals surface area contributed by atoms with Crippen molar-refractivity contribution in [3.05, 3.63) is 71.3 Å². The SMILES string of the molecule is Br.CC(C)OC(=O)C(CCc1ccccc1)N[C@@H](C)C(=O)N(CC(=O)O)C1Cc2ccccc2C1. The van der Waals surface area contributed by atoms with Crippen molar-refractivity contribution >= 4 is 34.8 Å². The molecule has 0 fully saturated rings. The molecule has 0 radical (unpaired) electrons. The van der Waals surface area contributed by atoms with Gasteiger partial charge in [-0.3, -0.25) is 19.7 Å². The first-order chi connectivity index (χ1) is 16.2. The summed E-state index contributed by atoms with van der Waals surface area (Å²) in [7, 11) is 0. The van der Waals surface area contributed by atoms with Crippen molar-refractivity contribution in [3.8, 4) is 0 Å². The predicted octanol–water partition coefficient (Wildman–Crippen LogP) is 3.58. The fourth-order valence-electron chi connectivity index (χ4n) is 4.45. The van der Waals surface area contributed by atoms with Gasteiger partial charge in [0.25, 0.3) is 0 Å². The number of aliphatic carboxylic acids is 1. The number of hydrogen-bond donors (Lipinski definition) is 2. The second kappa shape index (κ2) is 13.4. The maximum atomic E-state index is 13.4. The number of halogens is 1. The molecule has 190 valence electrons. The third-order valence-electron chi connectivity index (χ3n) is 6.08.